The zero-order valence-corrected chi connectivity index (χ0v) is 15.1. The van der Waals surface area contributed by atoms with E-state index >= 15 is 0 Å². The van der Waals surface area contributed by atoms with Gasteiger partial charge in [0.1, 0.15) is 6.61 Å². The van der Waals surface area contributed by atoms with Crippen molar-refractivity contribution in [2.45, 2.75) is 45.1 Å². The fourth-order valence-corrected chi connectivity index (χ4v) is 3.36. The van der Waals surface area contributed by atoms with Crippen LogP contribution in [-0.4, -0.2) is 74.1 Å². The van der Waals surface area contributed by atoms with Crippen LogP contribution in [0.5, 0.6) is 0 Å². The molecule has 6 nitrogen and oxygen atoms in total. The Bertz CT molecular complexity index is 456. The summed E-state index contributed by atoms with van der Waals surface area (Å²) in [6, 6.07) is -0.148. The fraction of sp³-hybridized carbons (Fsp3) is 0.778. The van der Waals surface area contributed by atoms with Crippen LogP contribution in [0.15, 0.2) is 11.6 Å². The minimum absolute atomic E-state index is 0.0232. The molecule has 2 rings (SSSR count). The summed E-state index contributed by atoms with van der Waals surface area (Å²) in [6.07, 6.45) is 8.25. The van der Waals surface area contributed by atoms with Gasteiger partial charge in [-0.2, -0.15) is 0 Å². The molecule has 2 amide bonds. The van der Waals surface area contributed by atoms with Crippen LogP contribution in [0.25, 0.3) is 0 Å². The summed E-state index contributed by atoms with van der Waals surface area (Å²) in [4.78, 5) is 28.1. The number of hydrogen-bond donors (Lipinski definition) is 1. The monoisotopic (exact) mass is 337 g/mol. The van der Waals surface area contributed by atoms with Crippen LogP contribution in [0.1, 0.15) is 39.0 Å². The highest BCUT2D eigenvalue weighted by atomic mass is 16.5. The van der Waals surface area contributed by atoms with E-state index in [0.29, 0.717) is 13.1 Å². The van der Waals surface area contributed by atoms with Gasteiger partial charge >= 0.3 is 0 Å². The molecule has 0 aromatic heterocycles. The number of allylic oxidation sites excluding steroid dienone is 1. The summed E-state index contributed by atoms with van der Waals surface area (Å²) < 4.78 is 4.89. The van der Waals surface area contributed by atoms with E-state index in [9.17, 15) is 9.59 Å². The molecule has 0 bridgehead atoms. The van der Waals surface area contributed by atoms with Gasteiger partial charge in [-0.25, -0.2) is 0 Å². The average molecular weight is 337 g/mol. The third-order valence-electron chi connectivity index (χ3n) is 4.99. The molecule has 24 heavy (non-hydrogen) atoms. The Kier molecular flexibility index (Phi) is 7.72. The molecular weight excluding hydrogens is 306 g/mol. The maximum Gasteiger partial charge on any atom is 0.248 e. The van der Waals surface area contributed by atoms with E-state index in [2.05, 4.69) is 16.3 Å². The number of amides is 2. The molecule has 1 saturated heterocycles. The molecule has 136 valence electrons. The van der Waals surface area contributed by atoms with Crippen LogP contribution in [0.4, 0.5) is 0 Å². The molecule has 1 atom stereocenters. The molecule has 1 N–H and O–H groups in total. The quantitative estimate of drug-likeness (QED) is 0.709. The highest BCUT2D eigenvalue weighted by molar-refractivity contribution is 5.81. The van der Waals surface area contributed by atoms with E-state index in [1.165, 1.54) is 38.4 Å². The summed E-state index contributed by atoms with van der Waals surface area (Å²) in [5, 5.41) is 3.06. The molecule has 1 unspecified atom stereocenters. The Hall–Kier alpha value is -1.40. The van der Waals surface area contributed by atoms with Crippen molar-refractivity contribution in [2.24, 2.45) is 0 Å². The number of carbonyl (C=O) groups is 2. The van der Waals surface area contributed by atoms with E-state index in [-0.39, 0.29) is 24.5 Å². The third kappa shape index (κ3) is 5.60. The predicted octanol–water partition coefficient (Wildman–Crippen LogP) is 1.17. The summed E-state index contributed by atoms with van der Waals surface area (Å²) in [7, 11) is 1.53. The normalized spacial score (nSPS) is 20.4. The standard InChI is InChI=1S/C18H31N3O3/c1-15(18(23)19-9-8-16-6-4-3-5-7-16)20-10-12-21(13-11-20)17(22)14-24-2/h6,15H,3-5,7-14H2,1-2H3,(H,19,23). The van der Waals surface area contributed by atoms with Crippen LogP contribution in [0.3, 0.4) is 0 Å². The lowest BCUT2D eigenvalue weighted by Crippen LogP contribution is -2.55. The Morgan fingerprint density at radius 1 is 1.25 bits per heavy atom. The summed E-state index contributed by atoms with van der Waals surface area (Å²) >= 11 is 0. The van der Waals surface area contributed by atoms with E-state index < -0.39 is 0 Å². The number of carbonyl (C=O) groups excluding carboxylic acids is 2. The largest absolute Gasteiger partial charge is 0.375 e. The van der Waals surface area contributed by atoms with Crippen molar-refractivity contribution in [1.82, 2.24) is 15.1 Å². The lowest BCUT2D eigenvalue weighted by molar-refractivity contribution is -0.137. The van der Waals surface area contributed by atoms with Gasteiger partial charge in [0, 0.05) is 39.8 Å². The highest BCUT2D eigenvalue weighted by Crippen LogP contribution is 2.19. The van der Waals surface area contributed by atoms with Gasteiger partial charge in [-0.3, -0.25) is 14.5 Å². The molecule has 1 aliphatic heterocycles. The molecule has 0 aromatic carbocycles. The van der Waals surface area contributed by atoms with Crippen LogP contribution in [-0.2, 0) is 14.3 Å². The first kappa shape index (κ1) is 18.9. The number of nitrogens with zero attached hydrogens (tertiary/aromatic N) is 2. The van der Waals surface area contributed by atoms with Crippen LogP contribution < -0.4 is 5.32 Å². The second-order valence-corrected chi connectivity index (χ2v) is 6.67. The van der Waals surface area contributed by atoms with Crippen molar-refractivity contribution in [3.05, 3.63) is 11.6 Å². The zero-order valence-electron chi connectivity index (χ0n) is 15.1. The van der Waals surface area contributed by atoms with Crippen LogP contribution in [0, 0.1) is 0 Å². The van der Waals surface area contributed by atoms with Gasteiger partial charge in [0.15, 0.2) is 0 Å². The van der Waals surface area contributed by atoms with Crippen LogP contribution >= 0.6 is 0 Å². The summed E-state index contributed by atoms with van der Waals surface area (Å²) in [6.45, 7) is 5.58. The van der Waals surface area contributed by atoms with E-state index in [1.54, 1.807) is 4.90 Å². The SMILES string of the molecule is COCC(=O)N1CCN(C(C)C(=O)NCCC2=CCCCC2)CC1. The Morgan fingerprint density at radius 2 is 2.00 bits per heavy atom. The molecule has 0 aromatic rings. The second-order valence-electron chi connectivity index (χ2n) is 6.67. The van der Waals surface area contributed by atoms with Crippen molar-refractivity contribution < 1.29 is 14.3 Å². The summed E-state index contributed by atoms with van der Waals surface area (Å²) in [5.74, 6) is 0.109. The highest BCUT2D eigenvalue weighted by Gasteiger charge is 2.27. The minimum Gasteiger partial charge on any atom is -0.375 e. The van der Waals surface area contributed by atoms with E-state index in [1.807, 2.05) is 6.92 Å². The van der Waals surface area contributed by atoms with Crippen LogP contribution in [0.2, 0.25) is 0 Å². The van der Waals surface area contributed by atoms with Crippen molar-refractivity contribution in [3.63, 3.8) is 0 Å². The number of ether oxygens (including phenoxy) is 1. The van der Waals surface area contributed by atoms with Crippen molar-refractivity contribution in [1.29, 1.82) is 0 Å². The molecule has 0 radical (unpaired) electrons. The number of hydrogen-bond acceptors (Lipinski definition) is 4. The maximum atomic E-state index is 12.3. The molecule has 1 aliphatic carbocycles. The van der Waals surface area contributed by atoms with E-state index in [4.69, 9.17) is 4.74 Å². The lowest BCUT2D eigenvalue weighted by Gasteiger charge is -2.37. The first-order chi connectivity index (χ1) is 11.6. The van der Waals surface area contributed by atoms with Crippen molar-refractivity contribution in [2.75, 3.05) is 46.4 Å². The minimum atomic E-state index is -0.148. The first-order valence-corrected chi connectivity index (χ1v) is 9.08. The van der Waals surface area contributed by atoms with Gasteiger partial charge in [-0.15, -0.1) is 0 Å². The number of nitrogens with one attached hydrogen (secondary N) is 1. The Balaban J connectivity index is 1.67. The maximum absolute atomic E-state index is 12.3. The lowest BCUT2D eigenvalue weighted by atomic mass is 9.97. The van der Waals surface area contributed by atoms with Crippen molar-refractivity contribution in [3.8, 4) is 0 Å². The summed E-state index contributed by atoms with van der Waals surface area (Å²) in [5.41, 5.74) is 1.49. The molecule has 1 heterocycles. The van der Waals surface area contributed by atoms with Gasteiger partial charge < -0.3 is 15.0 Å². The van der Waals surface area contributed by atoms with Gasteiger partial charge in [0.2, 0.25) is 11.8 Å². The van der Waals surface area contributed by atoms with E-state index in [0.717, 1.165) is 26.1 Å². The van der Waals surface area contributed by atoms with Crippen molar-refractivity contribution >= 4 is 11.8 Å². The molecule has 0 saturated carbocycles. The zero-order chi connectivity index (χ0) is 17.4. The average Bonchev–Trinajstić information content (AvgIpc) is 2.62. The predicted molar refractivity (Wildman–Crippen MR) is 93.7 cm³/mol. The Morgan fingerprint density at radius 3 is 2.62 bits per heavy atom. The second kappa shape index (κ2) is 9.79. The molecular formula is C18H31N3O3. The number of piperazine rings is 1. The number of rotatable bonds is 7. The van der Waals surface area contributed by atoms with Gasteiger partial charge in [-0.05, 0) is 39.0 Å². The molecule has 0 spiro atoms. The smallest absolute Gasteiger partial charge is 0.248 e. The fourth-order valence-electron chi connectivity index (χ4n) is 3.36. The molecule has 2 aliphatic rings. The van der Waals surface area contributed by atoms with Gasteiger partial charge in [-0.1, -0.05) is 11.6 Å². The third-order valence-corrected chi connectivity index (χ3v) is 4.99. The van der Waals surface area contributed by atoms with Gasteiger partial charge in [0.05, 0.1) is 6.04 Å². The molecule has 6 heteroatoms. The Labute approximate surface area is 145 Å². The molecule has 1 fully saturated rings. The first-order valence-electron chi connectivity index (χ1n) is 9.08. The van der Waals surface area contributed by atoms with Gasteiger partial charge in [0.25, 0.3) is 0 Å². The number of methoxy groups -OCH3 is 1. The topological polar surface area (TPSA) is 61.9 Å².